The molecule has 1 saturated heterocycles. The number of hydrogen-bond acceptors (Lipinski definition) is 10. The lowest BCUT2D eigenvalue weighted by molar-refractivity contribution is -0.134. The molecule has 4 rings (SSSR count). The molecule has 1 aliphatic carbocycles. The average Bonchev–Trinajstić information content (AvgIpc) is 3.62. The molecule has 0 spiro atoms. The molecule has 2 heterocycles. The lowest BCUT2D eigenvalue weighted by Crippen LogP contribution is -2.51. The van der Waals surface area contributed by atoms with Gasteiger partial charge in [-0.25, -0.2) is 0 Å². The Kier molecular flexibility index (Phi) is 11.4. The summed E-state index contributed by atoms with van der Waals surface area (Å²) in [7, 11) is 0. The lowest BCUT2D eigenvalue weighted by Gasteiger charge is -2.26. The Morgan fingerprint density at radius 2 is 1.81 bits per heavy atom. The molecule has 13 heteroatoms. The van der Waals surface area contributed by atoms with Crippen molar-refractivity contribution in [2.75, 3.05) is 65.9 Å². The third kappa shape index (κ3) is 8.36. The number of carbonyl (C=O) groups is 3. The van der Waals surface area contributed by atoms with Gasteiger partial charge in [-0.3, -0.25) is 19.4 Å². The Hall–Kier alpha value is -3.83. The highest BCUT2D eigenvalue weighted by atomic mass is 16.5. The molecule has 2 fully saturated rings. The van der Waals surface area contributed by atoms with Crippen molar-refractivity contribution < 1.29 is 33.3 Å². The molecule has 226 valence electrons. The van der Waals surface area contributed by atoms with Gasteiger partial charge in [-0.1, -0.05) is 0 Å². The number of nitrogens with one attached hydrogen (secondary N) is 2. The first-order chi connectivity index (χ1) is 20.5. The van der Waals surface area contributed by atoms with Crippen LogP contribution < -0.4 is 21.1 Å². The second-order valence-electron chi connectivity index (χ2n) is 10.1. The zero-order valence-corrected chi connectivity index (χ0v) is 23.6. The molecule has 2 aromatic rings. The fraction of sp³-hybridized carbons (Fsp3) is 0.552. The second kappa shape index (κ2) is 15.4. The summed E-state index contributed by atoms with van der Waals surface area (Å²) < 4.78 is 21.6. The summed E-state index contributed by atoms with van der Waals surface area (Å²) in [6, 6.07) is 8.38. The number of aromatic nitrogens is 1. The van der Waals surface area contributed by atoms with E-state index in [4.69, 9.17) is 24.7 Å². The van der Waals surface area contributed by atoms with Crippen LogP contribution in [0.4, 0.5) is 0 Å². The number of hydrogen-bond donors (Lipinski definition) is 3. The number of fused-ring (bicyclic) bond motifs is 1. The number of carbonyl (C=O) groups excluding carboxylic acids is 3. The van der Waals surface area contributed by atoms with Gasteiger partial charge in [0, 0.05) is 37.3 Å². The topological polar surface area (TPSA) is 178 Å². The standard InChI is InChI=1S/C29H38N6O7/c30-8-12-39-14-16-41-17-15-40-13-10-33-26(36)20-42-22-3-4-23-24(5-9-32-25(23)18-22)27(37)34-29(6-7-29)28(38)35-11-1-2-21(35)19-31/h3-5,9,18,21H,1-2,6-8,10-17,20,30H2,(H,33,36)(H,34,37)/t21-/m0/s1. The van der Waals surface area contributed by atoms with Crippen LogP contribution in [0.5, 0.6) is 5.75 Å². The van der Waals surface area contributed by atoms with Gasteiger partial charge >= 0.3 is 0 Å². The first kappa shape index (κ1) is 31.1. The first-order valence-electron chi connectivity index (χ1n) is 14.2. The van der Waals surface area contributed by atoms with Crippen molar-refractivity contribution in [3.05, 3.63) is 36.0 Å². The molecule has 1 atom stereocenters. The SMILES string of the molecule is N#C[C@@H]1CCCN1C(=O)C1(NC(=O)c2ccnc3cc(OCC(=O)NCCOCCOCCOCCN)ccc23)CC1. The molecule has 2 aliphatic rings. The van der Waals surface area contributed by atoms with E-state index in [1.54, 1.807) is 29.2 Å². The molecule has 1 aromatic carbocycles. The fourth-order valence-electron chi connectivity index (χ4n) is 4.72. The van der Waals surface area contributed by atoms with Crippen molar-refractivity contribution in [3.63, 3.8) is 0 Å². The molecule has 0 unspecified atom stereocenters. The van der Waals surface area contributed by atoms with Gasteiger partial charge in [-0.15, -0.1) is 0 Å². The Bertz CT molecular complexity index is 1280. The highest BCUT2D eigenvalue weighted by Gasteiger charge is 2.54. The average molecular weight is 583 g/mol. The van der Waals surface area contributed by atoms with E-state index >= 15 is 0 Å². The van der Waals surface area contributed by atoms with Crippen LogP contribution in [0.1, 0.15) is 36.0 Å². The molecule has 3 amide bonds. The molecular weight excluding hydrogens is 544 g/mol. The van der Waals surface area contributed by atoms with Crippen LogP contribution in [0.15, 0.2) is 30.5 Å². The molecule has 1 saturated carbocycles. The number of nitrogens with zero attached hydrogens (tertiary/aromatic N) is 3. The molecule has 0 radical (unpaired) electrons. The van der Waals surface area contributed by atoms with Gasteiger partial charge in [-0.2, -0.15) is 5.26 Å². The zero-order chi connectivity index (χ0) is 29.8. The summed E-state index contributed by atoms with van der Waals surface area (Å²) in [5, 5.41) is 15.6. The van der Waals surface area contributed by atoms with E-state index in [-0.39, 0.29) is 24.3 Å². The maximum Gasteiger partial charge on any atom is 0.258 e. The van der Waals surface area contributed by atoms with Crippen molar-refractivity contribution in [1.82, 2.24) is 20.5 Å². The van der Waals surface area contributed by atoms with E-state index in [1.165, 1.54) is 6.20 Å². The minimum Gasteiger partial charge on any atom is -0.484 e. The monoisotopic (exact) mass is 582 g/mol. The van der Waals surface area contributed by atoms with Crippen molar-refractivity contribution in [1.29, 1.82) is 5.26 Å². The van der Waals surface area contributed by atoms with Gasteiger partial charge < -0.3 is 40.2 Å². The Balaban J connectivity index is 1.20. The molecule has 4 N–H and O–H groups in total. The maximum absolute atomic E-state index is 13.2. The van der Waals surface area contributed by atoms with E-state index in [0.29, 0.717) is 101 Å². The molecule has 0 bridgehead atoms. The van der Waals surface area contributed by atoms with Gasteiger partial charge in [-0.05, 0) is 43.9 Å². The highest BCUT2D eigenvalue weighted by molar-refractivity contribution is 6.08. The highest BCUT2D eigenvalue weighted by Crippen LogP contribution is 2.39. The van der Waals surface area contributed by atoms with Gasteiger partial charge in [0.25, 0.3) is 11.8 Å². The number of amides is 3. The minimum absolute atomic E-state index is 0.187. The number of benzene rings is 1. The normalized spacial score (nSPS) is 17.0. The lowest BCUT2D eigenvalue weighted by atomic mass is 10.1. The van der Waals surface area contributed by atoms with E-state index in [2.05, 4.69) is 21.7 Å². The van der Waals surface area contributed by atoms with Crippen LogP contribution in [-0.4, -0.2) is 105 Å². The predicted octanol–water partition coefficient (Wildman–Crippen LogP) is 0.515. The van der Waals surface area contributed by atoms with Crippen LogP contribution in [0.2, 0.25) is 0 Å². The third-order valence-corrected chi connectivity index (χ3v) is 7.08. The quantitative estimate of drug-likeness (QED) is 0.223. The van der Waals surface area contributed by atoms with E-state index in [0.717, 1.165) is 6.42 Å². The number of nitrogens with two attached hydrogens (primary N) is 1. The summed E-state index contributed by atoms with van der Waals surface area (Å²) in [4.78, 5) is 44.5. The van der Waals surface area contributed by atoms with Gasteiger partial charge in [0.2, 0.25) is 5.91 Å². The van der Waals surface area contributed by atoms with Crippen LogP contribution in [-0.2, 0) is 23.8 Å². The number of likely N-dealkylation sites (tertiary alicyclic amines) is 1. The smallest absolute Gasteiger partial charge is 0.258 e. The number of ether oxygens (including phenoxy) is 4. The molecule has 42 heavy (non-hydrogen) atoms. The van der Waals surface area contributed by atoms with Gasteiger partial charge in [0.1, 0.15) is 17.3 Å². The summed E-state index contributed by atoms with van der Waals surface area (Å²) in [6.45, 7) is 3.81. The van der Waals surface area contributed by atoms with Crippen LogP contribution in [0.25, 0.3) is 10.9 Å². The minimum atomic E-state index is -0.957. The maximum atomic E-state index is 13.2. The van der Waals surface area contributed by atoms with Crippen molar-refractivity contribution >= 4 is 28.6 Å². The van der Waals surface area contributed by atoms with Gasteiger partial charge in [0.15, 0.2) is 6.61 Å². The zero-order valence-electron chi connectivity index (χ0n) is 23.6. The third-order valence-electron chi connectivity index (χ3n) is 7.08. The molecular formula is C29H38N6O7. The number of rotatable bonds is 17. The Morgan fingerprint density at radius 3 is 2.52 bits per heavy atom. The van der Waals surface area contributed by atoms with Crippen LogP contribution in [0, 0.1) is 11.3 Å². The first-order valence-corrected chi connectivity index (χ1v) is 14.2. The molecule has 13 nitrogen and oxygen atoms in total. The van der Waals surface area contributed by atoms with Gasteiger partial charge in [0.05, 0.1) is 56.8 Å². The van der Waals surface area contributed by atoms with Crippen LogP contribution in [0.3, 0.4) is 0 Å². The number of pyridine rings is 1. The molecule has 1 aromatic heterocycles. The van der Waals surface area contributed by atoms with E-state index in [9.17, 15) is 19.6 Å². The number of nitriles is 1. The Labute approximate surface area is 244 Å². The fourth-order valence-corrected chi connectivity index (χ4v) is 4.72. The largest absolute Gasteiger partial charge is 0.484 e. The van der Waals surface area contributed by atoms with E-state index < -0.39 is 11.6 Å². The van der Waals surface area contributed by atoms with Crippen LogP contribution >= 0.6 is 0 Å². The van der Waals surface area contributed by atoms with Crippen molar-refractivity contribution in [2.45, 2.75) is 37.3 Å². The summed E-state index contributed by atoms with van der Waals surface area (Å²) in [5.41, 5.74) is 5.27. The predicted molar refractivity (Wildman–Crippen MR) is 152 cm³/mol. The van der Waals surface area contributed by atoms with Crippen molar-refractivity contribution in [2.24, 2.45) is 5.73 Å². The molecule has 1 aliphatic heterocycles. The summed E-state index contributed by atoms with van der Waals surface area (Å²) in [6.07, 6.45) is 4.04. The van der Waals surface area contributed by atoms with Crippen molar-refractivity contribution in [3.8, 4) is 11.8 Å². The summed E-state index contributed by atoms with van der Waals surface area (Å²) >= 11 is 0. The summed E-state index contributed by atoms with van der Waals surface area (Å²) in [5.74, 6) is -0.437. The second-order valence-corrected chi connectivity index (χ2v) is 10.1. The van der Waals surface area contributed by atoms with E-state index in [1.807, 2.05) is 0 Å². The Morgan fingerprint density at radius 1 is 1.07 bits per heavy atom.